The molecule has 6 nitrogen and oxygen atoms in total. The van der Waals surface area contributed by atoms with E-state index >= 15 is 0 Å². The van der Waals surface area contributed by atoms with E-state index in [1.165, 1.54) is 6.42 Å². The molecule has 0 heterocycles. The SMILES string of the molecule is CCOC(=O)N/N=C(/C)c1cccc(NC(=O)C2CCCCC2)c1. The number of benzene rings is 1. The normalized spacial score (nSPS) is 15.7. The van der Waals surface area contributed by atoms with Crippen molar-refractivity contribution in [2.24, 2.45) is 11.0 Å². The predicted molar refractivity (Wildman–Crippen MR) is 94.0 cm³/mol. The number of hydrogen-bond acceptors (Lipinski definition) is 4. The van der Waals surface area contributed by atoms with Gasteiger partial charge in [-0.3, -0.25) is 4.79 Å². The fraction of sp³-hybridized carbons (Fsp3) is 0.500. The highest BCUT2D eigenvalue weighted by Gasteiger charge is 2.21. The smallest absolute Gasteiger partial charge is 0.427 e. The van der Waals surface area contributed by atoms with E-state index in [4.69, 9.17) is 4.74 Å². The predicted octanol–water partition coefficient (Wildman–Crippen LogP) is 3.68. The van der Waals surface area contributed by atoms with Gasteiger partial charge in [0.2, 0.25) is 5.91 Å². The van der Waals surface area contributed by atoms with E-state index in [1.807, 2.05) is 24.3 Å². The molecule has 0 atom stereocenters. The molecule has 1 aliphatic carbocycles. The summed E-state index contributed by atoms with van der Waals surface area (Å²) in [6.45, 7) is 3.81. The first-order valence-electron chi connectivity index (χ1n) is 8.48. The first-order chi connectivity index (χ1) is 11.6. The summed E-state index contributed by atoms with van der Waals surface area (Å²) in [5.41, 5.74) is 4.54. The molecule has 24 heavy (non-hydrogen) atoms. The van der Waals surface area contributed by atoms with Crippen LogP contribution in [0, 0.1) is 5.92 Å². The average Bonchev–Trinajstić information content (AvgIpc) is 2.61. The van der Waals surface area contributed by atoms with Crippen molar-refractivity contribution in [3.63, 3.8) is 0 Å². The summed E-state index contributed by atoms with van der Waals surface area (Å²) in [4.78, 5) is 23.6. The van der Waals surface area contributed by atoms with Crippen molar-refractivity contribution in [1.29, 1.82) is 0 Å². The van der Waals surface area contributed by atoms with E-state index < -0.39 is 6.09 Å². The average molecular weight is 331 g/mol. The van der Waals surface area contributed by atoms with E-state index in [9.17, 15) is 9.59 Å². The van der Waals surface area contributed by atoms with Gasteiger partial charge in [-0.2, -0.15) is 5.10 Å². The van der Waals surface area contributed by atoms with Gasteiger partial charge >= 0.3 is 6.09 Å². The first-order valence-corrected chi connectivity index (χ1v) is 8.48. The number of nitrogens with zero attached hydrogens (tertiary/aromatic N) is 1. The van der Waals surface area contributed by atoms with E-state index in [1.54, 1.807) is 13.8 Å². The molecule has 0 radical (unpaired) electrons. The molecule has 130 valence electrons. The lowest BCUT2D eigenvalue weighted by Crippen LogP contribution is -2.24. The second kappa shape index (κ2) is 9.05. The number of nitrogens with one attached hydrogen (secondary N) is 2. The number of rotatable bonds is 5. The number of hydrazone groups is 1. The van der Waals surface area contributed by atoms with Crippen molar-refractivity contribution in [2.45, 2.75) is 46.0 Å². The minimum Gasteiger partial charge on any atom is -0.449 e. The second-order valence-corrected chi connectivity index (χ2v) is 5.93. The third-order valence-electron chi connectivity index (χ3n) is 4.11. The van der Waals surface area contributed by atoms with Crippen LogP contribution in [0.3, 0.4) is 0 Å². The molecule has 0 saturated heterocycles. The van der Waals surface area contributed by atoms with Gasteiger partial charge in [0.05, 0.1) is 12.3 Å². The van der Waals surface area contributed by atoms with Crippen LogP contribution in [-0.2, 0) is 9.53 Å². The van der Waals surface area contributed by atoms with Crippen LogP contribution >= 0.6 is 0 Å². The van der Waals surface area contributed by atoms with Crippen molar-refractivity contribution in [1.82, 2.24) is 5.43 Å². The summed E-state index contributed by atoms with van der Waals surface area (Å²) in [5, 5.41) is 6.99. The monoisotopic (exact) mass is 331 g/mol. The zero-order valence-electron chi connectivity index (χ0n) is 14.3. The lowest BCUT2D eigenvalue weighted by Gasteiger charge is -2.20. The molecule has 0 bridgehead atoms. The van der Waals surface area contributed by atoms with Gasteiger partial charge in [-0.15, -0.1) is 0 Å². The molecule has 1 fully saturated rings. The molecule has 6 heteroatoms. The highest BCUT2D eigenvalue weighted by molar-refractivity contribution is 6.01. The number of ether oxygens (including phenoxy) is 1. The minimum atomic E-state index is -0.585. The van der Waals surface area contributed by atoms with Crippen LogP contribution in [0.2, 0.25) is 0 Å². The quantitative estimate of drug-likeness (QED) is 0.638. The third kappa shape index (κ3) is 5.37. The van der Waals surface area contributed by atoms with Crippen molar-refractivity contribution < 1.29 is 14.3 Å². The number of carbonyl (C=O) groups excluding carboxylic acids is 2. The Kier molecular flexibility index (Phi) is 6.78. The maximum absolute atomic E-state index is 12.3. The topological polar surface area (TPSA) is 79.8 Å². The van der Waals surface area contributed by atoms with E-state index in [0.29, 0.717) is 12.3 Å². The summed E-state index contributed by atoms with van der Waals surface area (Å²) < 4.78 is 4.76. The van der Waals surface area contributed by atoms with E-state index in [0.717, 1.165) is 36.9 Å². The van der Waals surface area contributed by atoms with Crippen molar-refractivity contribution in [3.8, 4) is 0 Å². The van der Waals surface area contributed by atoms with Gasteiger partial charge in [-0.25, -0.2) is 10.2 Å². The summed E-state index contributed by atoms with van der Waals surface area (Å²) >= 11 is 0. The molecule has 2 amide bonds. The Morgan fingerprint density at radius 3 is 2.71 bits per heavy atom. The summed E-state index contributed by atoms with van der Waals surface area (Å²) in [6.07, 6.45) is 4.83. The van der Waals surface area contributed by atoms with E-state index in [-0.39, 0.29) is 11.8 Å². The molecule has 1 aliphatic rings. The van der Waals surface area contributed by atoms with Crippen LogP contribution in [0.5, 0.6) is 0 Å². The summed E-state index contributed by atoms with van der Waals surface area (Å²) in [7, 11) is 0. The first kappa shape index (κ1) is 18.0. The Balaban J connectivity index is 1.98. The van der Waals surface area contributed by atoms with Crippen LogP contribution in [0.4, 0.5) is 10.5 Å². The Hall–Kier alpha value is -2.37. The Morgan fingerprint density at radius 2 is 2.00 bits per heavy atom. The van der Waals surface area contributed by atoms with Crippen LogP contribution in [0.1, 0.15) is 51.5 Å². The molecule has 2 N–H and O–H groups in total. The van der Waals surface area contributed by atoms with Gasteiger partial charge in [0.15, 0.2) is 0 Å². The highest BCUT2D eigenvalue weighted by atomic mass is 16.5. The van der Waals surface area contributed by atoms with Gasteiger partial charge < -0.3 is 10.1 Å². The van der Waals surface area contributed by atoms with E-state index in [2.05, 4.69) is 15.8 Å². The summed E-state index contributed by atoms with van der Waals surface area (Å²) in [5.74, 6) is 0.203. The van der Waals surface area contributed by atoms with Gasteiger partial charge in [0.25, 0.3) is 0 Å². The lowest BCUT2D eigenvalue weighted by molar-refractivity contribution is -0.120. The lowest BCUT2D eigenvalue weighted by atomic mass is 9.88. The molecular formula is C18H25N3O3. The van der Waals surface area contributed by atoms with Gasteiger partial charge in [-0.1, -0.05) is 31.4 Å². The van der Waals surface area contributed by atoms with Crippen LogP contribution in [-0.4, -0.2) is 24.3 Å². The molecule has 0 aliphatic heterocycles. The number of carbonyl (C=O) groups is 2. The minimum absolute atomic E-state index is 0.0890. The highest BCUT2D eigenvalue weighted by Crippen LogP contribution is 2.25. The Bertz CT molecular complexity index is 607. The maximum Gasteiger partial charge on any atom is 0.427 e. The Morgan fingerprint density at radius 1 is 1.25 bits per heavy atom. The van der Waals surface area contributed by atoms with Crippen molar-refractivity contribution >= 4 is 23.4 Å². The van der Waals surface area contributed by atoms with Crippen LogP contribution < -0.4 is 10.7 Å². The standard InChI is InChI=1S/C18H25N3O3/c1-3-24-18(23)21-20-13(2)15-10-7-11-16(12-15)19-17(22)14-8-5-4-6-9-14/h7,10-12,14H,3-6,8-9H2,1-2H3,(H,19,22)(H,21,23)/b20-13-. The second-order valence-electron chi connectivity index (χ2n) is 5.93. The largest absolute Gasteiger partial charge is 0.449 e. The molecule has 0 spiro atoms. The van der Waals surface area contributed by atoms with Crippen LogP contribution in [0.25, 0.3) is 0 Å². The molecule has 1 aromatic rings. The fourth-order valence-electron chi connectivity index (χ4n) is 2.79. The zero-order chi connectivity index (χ0) is 17.4. The Labute approximate surface area is 142 Å². The van der Waals surface area contributed by atoms with Crippen molar-refractivity contribution in [3.05, 3.63) is 29.8 Å². The fourth-order valence-corrected chi connectivity index (χ4v) is 2.79. The molecular weight excluding hydrogens is 306 g/mol. The molecule has 0 aromatic heterocycles. The van der Waals surface area contributed by atoms with Crippen LogP contribution in [0.15, 0.2) is 29.4 Å². The van der Waals surface area contributed by atoms with Crippen molar-refractivity contribution in [2.75, 3.05) is 11.9 Å². The zero-order valence-corrected chi connectivity index (χ0v) is 14.3. The van der Waals surface area contributed by atoms with Gasteiger partial charge in [0.1, 0.15) is 0 Å². The molecule has 0 unspecified atom stereocenters. The molecule has 2 rings (SSSR count). The maximum atomic E-state index is 12.3. The molecule has 1 aromatic carbocycles. The number of anilines is 1. The number of hydrogen-bond donors (Lipinski definition) is 2. The van der Waals surface area contributed by atoms with Gasteiger partial charge in [0, 0.05) is 11.6 Å². The third-order valence-corrected chi connectivity index (χ3v) is 4.11. The summed E-state index contributed by atoms with van der Waals surface area (Å²) in [6, 6.07) is 7.44. The van der Waals surface area contributed by atoms with Gasteiger partial charge in [-0.05, 0) is 44.4 Å². The molecule has 1 saturated carbocycles. The number of amides is 2.